The summed E-state index contributed by atoms with van der Waals surface area (Å²) in [6.07, 6.45) is 12.0. The van der Waals surface area contributed by atoms with Gasteiger partial charge in [0.05, 0.1) is 17.3 Å². The van der Waals surface area contributed by atoms with Gasteiger partial charge in [-0.2, -0.15) is 9.97 Å². The number of nitrogens with one attached hydrogen (secondary N) is 1. The number of anilines is 1. The van der Waals surface area contributed by atoms with E-state index in [0.29, 0.717) is 51.8 Å². The van der Waals surface area contributed by atoms with E-state index < -0.39 is 5.82 Å². The highest BCUT2D eigenvalue weighted by Gasteiger charge is 2.46. The van der Waals surface area contributed by atoms with Gasteiger partial charge in [-0.05, 0) is 72.5 Å². The van der Waals surface area contributed by atoms with Crippen LogP contribution in [0.1, 0.15) is 42.5 Å². The van der Waals surface area contributed by atoms with Gasteiger partial charge >= 0.3 is 6.01 Å². The van der Waals surface area contributed by atoms with Crippen molar-refractivity contribution in [3.63, 3.8) is 0 Å². The van der Waals surface area contributed by atoms with Gasteiger partial charge in [0.25, 0.3) is 0 Å². The number of hydrogen-bond donors (Lipinski definition) is 2. The Bertz CT molecular complexity index is 2130. The van der Waals surface area contributed by atoms with Crippen molar-refractivity contribution in [3.8, 4) is 35.2 Å². The zero-order valence-corrected chi connectivity index (χ0v) is 27.1. The van der Waals surface area contributed by atoms with Crippen LogP contribution in [-0.4, -0.2) is 63.3 Å². The van der Waals surface area contributed by atoms with Gasteiger partial charge in [0.2, 0.25) is 0 Å². The summed E-state index contributed by atoms with van der Waals surface area (Å²) in [6, 6.07) is 15.3. The fourth-order valence-electron chi connectivity index (χ4n) is 8.01. The maximum Gasteiger partial charge on any atom is 0.319 e. The van der Waals surface area contributed by atoms with E-state index in [2.05, 4.69) is 32.1 Å². The molecule has 1 aliphatic carbocycles. The average Bonchev–Trinajstić information content (AvgIpc) is 3.59. The minimum Gasteiger partial charge on any atom is -0.508 e. The summed E-state index contributed by atoms with van der Waals surface area (Å²) in [5, 5.41) is 16.4. The van der Waals surface area contributed by atoms with Gasteiger partial charge in [0.1, 0.15) is 17.1 Å². The summed E-state index contributed by atoms with van der Waals surface area (Å²) < 4.78 is 23.5. The van der Waals surface area contributed by atoms with E-state index in [1.165, 1.54) is 11.6 Å². The van der Waals surface area contributed by atoms with E-state index in [9.17, 15) is 5.11 Å². The maximum absolute atomic E-state index is 17.1. The molecule has 48 heavy (non-hydrogen) atoms. The fraction of sp³-hybridized carbons (Fsp3) is 0.342. The van der Waals surface area contributed by atoms with Crippen LogP contribution in [0.2, 0.25) is 5.02 Å². The van der Waals surface area contributed by atoms with Crippen LogP contribution in [-0.2, 0) is 13.1 Å². The minimum absolute atomic E-state index is 0.00944. The Balaban J connectivity index is 1.12. The highest BCUT2D eigenvalue weighted by molar-refractivity contribution is 6.35. The summed E-state index contributed by atoms with van der Waals surface area (Å²) in [6.45, 7) is 4.54. The normalized spacial score (nSPS) is 21.1. The molecule has 9 rings (SSSR count). The lowest BCUT2D eigenvalue weighted by Crippen LogP contribution is -2.51. The monoisotopic (exact) mass is 660 g/mol. The predicted molar refractivity (Wildman–Crippen MR) is 185 cm³/mol. The molecule has 3 aliphatic heterocycles. The second-order valence-electron chi connectivity index (χ2n) is 13.9. The van der Waals surface area contributed by atoms with Crippen LogP contribution in [0.5, 0.6) is 11.8 Å². The molecule has 0 spiro atoms. The Hall–Kier alpha value is -4.49. The molecule has 1 saturated carbocycles. The van der Waals surface area contributed by atoms with Gasteiger partial charge in [0.15, 0.2) is 5.82 Å². The van der Waals surface area contributed by atoms with Crippen molar-refractivity contribution in [2.75, 3.05) is 31.1 Å². The largest absolute Gasteiger partial charge is 0.508 e. The van der Waals surface area contributed by atoms with E-state index in [4.69, 9.17) is 32.7 Å². The Labute approximate surface area is 282 Å². The van der Waals surface area contributed by atoms with Crippen LogP contribution < -0.4 is 15.0 Å². The van der Waals surface area contributed by atoms with Gasteiger partial charge in [-0.1, -0.05) is 35.7 Å². The average molecular weight is 661 g/mol. The molecule has 2 atom stereocenters. The van der Waals surface area contributed by atoms with E-state index in [0.717, 1.165) is 64.1 Å². The molecular formula is C38H34ClFN6O2. The van der Waals surface area contributed by atoms with Crippen molar-refractivity contribution in [1.29, 1.82) is 0 Å². The van der Waals surface area contributed by atoms with Crippen LogP contribution in [0.15, 0.2) is 54.7 Å². The van der Waals surface area contributed by atoms with Crippen molar-refractivity contribution >= 4 is 39.1 Å². The number of aromatic nitrogens is 3. The smallest absolute Gasteiger partial charge is 0.319 e. The zero-order chi connectivity index (χ0) is 32.6. The molecule has 10 heteroatoms. The SMILES string of the molecule is C#Cc1cccc2cc(O)cc(-c3c(Cl)cc4c(N5CC6CCC(C5)N6)nc(OCC5(CN6Cc7cccnc7C6)CC5)nc4c3F)c12. The molecule has 5 heterocycles. The minimum atomic E-state index is -0.605. The number of hydrogen-bond acceptors (Lipinski definition) is 8. The van der Waals surface area contributed by atoms with Crippen molar-refractivity contribution in [2.24, 2.45) is 5.41 Å². The molecule has 2 N–H and O–H groups in total. The van der Waals surface area contributed by atoms with Crippen molar-refractivity contribution < 1.29 is 14.2 Å². The molecule has 0 radical (unpaired) electrons. The molecule has 0 amide bonds. The summed E-state index contributed by atoms with van der Waals surface area (Å²) in [7, 11) is 0. The molecule has 5 aromatic rings. The lowest BCUT2D eigenvalue weighted by molar-refractivity contribution is 0.154. The van der Waals surface area contributed by atoms with Gasteiger partial charge in [0, 0.05) is 78.3 Å². The number of rotatable bonds is 7. The van der Waals surface area contributed by atoms with Gasteiger partial charge in [-0.15, -0.1) is 6.42 Å². The Kier molecular flexibility index (Phi) is 6.98. The summed E-state index contributed by atoms with van der Waals surface area (Å²) in [5.41, 5.74) is 3.65. The van der Waals surface area contributed by atoms with E-state index in [1.54, 1.807) is 18.2 Å². The molecule has 2 unspecified atom stereocenters. The summed E-state index contributed by atoms with van der Waals surface area (Å²) >= 11 is 6.96. The lowest BCUT2D eigenvalue weighted by atomic mass is 9.93. The number of phenols is 1. The number of terminal acetylenes is 1. The molecule has 3 aromatic carbocycles. The number of pyridine rings is 1. The Morgan fingerprint density at radius 2 is 1.92 bits per heavy atom. The molecule has 2 saturated heterocycles. The number of phenolic OH excluding ortho intramolecular Hbond substituents is 1. The first-order valence-corrected chi connectivity index (χ1v) is 17.0. The first-order valence-electron chi connectivity index (χ1n) is 16.6. The molecule has 8 nitrogen and oxygen atoms in total. The second-order valence-corrected chi connectivity index (χ2v) is 14.3. The summed E-state index contributed by atoms with van der Waals surface area (Å²) in [4.78, 5) is 18.9. The lowest BCUT2D eigenvalue weighted by Gasteiger charge is -2.34. The fourth-order valence-corrected chi connectivity index (χ4v) is 8.30. The van der Waals surface area contributed by atoms with Gasteiger partial charge < -0.3 is 20.1 Å². The number of nitrogens with zero attached hydrogens (tertiary/aromatic N) is 5. The van der Waals surface area contributed by atoms with Crippen molar-refractivity contribution in [3.05, 3.63) is 82.4 Å². The quantitative estimate of drug-likeness (QED) is 0.193. The number of halogens is 2. The van der Waals surface area contributed by atoms with E-state index in [1.807, 2.05) is 24.4 Å². The maximum atomic E-state index is 17.1. The molecule has 3 fully saturated rings. The van der Waals surface area contributed by atoms with Crippen LogP contribution in [0.25, 0.3) is 32.8 Å². The Morgan fingerprint density at radius 3 is 2.69 bits per heavy atom. The number of fused-ring (bicyclic) bond motifs is 5. The third-order valence-corrected chi connectivity index (χ3v) is 10.8. The third kappa shape index (κ3) is 5.11. The molecule has 4 aliphatic rings. The molecule has 2 bridgehead atoms. The van der Waals surface area contributed by atoms with Crippen LogP contribution >= 0.6 is 11.6 Å². The summed E-state index contributed by atoms with van der Waals surface area (Å²) in [5.74, 6) is 2.71. The van der Waals surface area contributed by atoms with Crippen LogP contribution in [0, 0.1) is 23.6 Å². The standard InChI is InChI=1S/C38H34ClFN6O2/c1-2-22-5-3-6-23-13-27(47)14-28(32(22)23)33-30(39)15-29-35(34(33)40)43-37(44-36(29)46-17-25-8-9-26(18-46)42-25)48-21-38(10-11-38)20-45-16-24-7-4-12-41-31(24)19-45/h1,3-7,12-15,25-26,42,47H,8-11,16-21H2. The van der Waals surface area contributed by atoms with Gasteiger partial charge in [-0.25, -0.2) is 4.39 Å². The highest BCUT2D eigenvalue weighted by atomic mass is 35.5. The zero-order valence-electron chi connectivity index (χ0n) is 26.3. The number of aromatic hydroxyl groups is 1. The van der Waals surface area contributed by atoms with Crippen molar-refractivity contribution in [1.82, 2.24) is 25.2 Å². The first kappa shape index (κ1) is 29.6. The third-order valence-electron chi connectivity index (χ3n) is 10.5. The molecular weight excluding hydrogens is 627 g/mol. The predicted octanol–water partition coefficient (Wildman–Crippen LogP) is 6.44. The van der Waals surface area contributed by atoms with Gasteiger partial charge in [-0.3, -0.25) is 9.88 Å². The molecule has 242 valence electrons. The Morgan fingerprint density at radius 1 is 1.08 bits per heavy atom. The van der Waals surface area contributed by atoms with E-state index in [-0.39, 0.29) is 33.3 Å². The number of piperazine rings is 1. The second kappa shape index (κ2) is 11.3. The topological polar surface area (TPSA) is 86.6 Å². The number of benzene rings is 3. The van der Waals surface area contributed by atoms with E-state index >= 15 is 4.39 Å². The van der Waals surface area contributed by atoms with Crippen LogP contribution in [0.4, 0.5) is 10.2 Å². The first-order chi connectivity index (χ1) is 23.4. The molecule has 2 aromatic heterocycles. The highest BCUT2D eigenvalue weighted by Crippen LogP contribution is 2.48. The van der Waals surface area contributed by atoms with Crippen molar-refractivity contribution in [2.45, 2.75) is 50.9 Å². The van der Waals surface area contributed by atoms with Crippen LogP contribution in [0.3, 0.4) is 0 Å². The number of ether oxygens (including phenoxy) is 1.